The Morgan fingerprint density at radius 3 is 2.52 bits per heavy atom. The third-order valence-corrected chi connectivity index (χ3v) is 4.65. The van der Waals surface area contributed by atoms with Crippen molar-refractivity contribution in [3.05, 3.63) is 39.5 Å². The van der Waals surface area contributed by atoms with Gasteiger partial charge >= 0.3 is 5.97 Å². The van der Waals surface area contributed by atoms with Crippen LogP contribution in [-0.4, -0.2) is 29.1 Å². The van der Waals surface area contributed by atoms with Crippen molar-refractivity contribution in [2.24, 2.45) is 0 Å². The SMILES string of the molecule is CCOC(=O)[C@@]1(C)C(Br)=C(O)C(=O)N1c1ccc(Cl)cc1. The number of anilines is 1. The molecular formula is C14H13BrClNO4. The fourth-order valence-corrected chi connectivity index (χ4v) is 2.78. The minimum absolute atomic E-state index is 0.0772. The first kappa shape index (κ1) is 15.9. The molecule has 1 aliphatic rings. The van der Waals surface area contributed by atoms with Gasteiger partial charge in [-0.1, -0.05) is 11.6 Å². The Kier molecular flexibility index (Phi) is 4.30. The number of rotatable bonds is 3. The van der Waals surface area contributed by atoms with Crippen molar-refractivity contribution in [1.29, 1.82) is 0 Å². The minimum atomic E-state index is -1.45. The zero-order chi connectivity index (χ0) is 15.8. The van der Waals surface area contributed by atoms with Crippen molar-refractivity contribution in [2.75, 3.05) is 11.5 Å². The molecule has 1 aromatic rings. The molecule has 1 heterocycles. The number of esters is 1. The second-order valence-corrected chi connectivity index (χ2v) is 5.80. The van der Waals surface area contributed by atoms with Crippen molar-refractivity contribution in [3.8, 4) is 0 Å². The number of benzene rings is 1. The number of nitrogens with zero attached hydrogens (tertiary/aromatic N) is 1. The van der Waals surface area contributed by atoms with Gasteiger partial charge in [0.2, 0.25) is 0 Å². The number of carbonyl (C=O) groups is 2. The second-order valence-electron chi connectivity index (χ2n) is 4.57. The summed E-state index contributed by atoms with van der Waals surface area (Å²) >= 11 is 8.96. The summed E-state index contributed by atoms with van der Waals surface area (Å²) in [6.45, 7) is 3.34. The van der Waals surface area contributed by atoms with Gasteiger partial charge in [-0.15, -0.1) is 0 Å². The molecule has 0 radical (unpaired) electrons. The maximum absolute atomic E-state index is 12.3. The van der Waals surface area contributed by atoms with Gasteiger partial charge in [-0.25, -0.2) is 4.79 Å². The van der Waals surface area contributed by atoms with E-state index in [1.807, 2.05) is 0 Å². The van der Waals surface area contributed by atoms with Crippen LogP contribution >= 0.6 is 27.5 Å². The lowest BCUT2D eigenvalue weighted by atomic mass is 10.0. The molecule has 0 saturated carbocycles. The smallest absolute Gasteiger partial charge is 0.337 e. The lowest BCUT2D eigenvalue weighted by molar-refractivity contribution is -0.147. The molecule has 7 heteroatoms. The van der Waals surface area contributed by atoms with E-state index in [1.165, 1.54) is 11.8 Å². The van der Waals surface area contributed by atoms with Crippen LogP contribution in [-0.2, 0) is 14.3 Å². The van der Waals surface area contributed by atoms with Crippen molar-refractivity contribution >= 4 is 45.1 Å². The van der Waals surface area contributed by atoms with Crippen LogP contribution in [0.1, 0.15) is 13.8 Å². The van der Waals surface area contributed by atoms with E-state index in [0.29, 0.717) is 10.7 Å². The van der Waals surface area contributed by atoms with Gasteiger partial charge in [-0.2, -0.15) is 0 Å². The van der Waals surface area contributed by atoms with Crippen LogP contribution in [0, 0.1) is 0 Å². The molecule has 1 amide bonds. The predicted molar refractivity (Wildman–Crippen MR) is 82.6 cm³/mol. The van der Waals surface area contributed by atoms with Gasteiger partial charge in [0, 0.05) is 10.7 Å². The summed E-state index contributed by atoms with van der Waals surface area (Å²) in [6, 6.07) is 6.38. The summed E-state index contributed by atoms with van der Waals surface area (Å²) in [5.41, 5.74) is -1.02. The summed E-state index contributed by atoms with van der Waals surface area (Å²) in [5, 5.41) is 10.4. The summed E-state index contributed by atoms with van der Waals surface area (Å²) in [4.78, 5) is 25.8. The van der Waals surface area contributed by atoms with Gasteiger partial charge in [0.25, 0.3) is 5.91 Å². The first-order valence-corrected chi connectivity index (χ1v) is 7.37. The number of hydrogen-bond acceptors (Lipinski definition) is 4. The predicted octanol–water partition coefficient (Wildman–Crippen LogP) is 3.17. The Morgan fingerprint density at radius 1 is 1.43 bits per heavy atom. The summed E-state index contributed by atoms with van der Waals surface area (Å²) in [6.07, 6.45) is 0. The van der Waals surface area contributed by atoms with Crippen molar-refractivity contribution in [3.63, 3.8) is 0 Å². The first-order chi connectivity index (χ1) is 9.83. The topological polar surface area (TPSA) is 66.8 Å². The van der Waals surface area contributed by atoms with E-state index < -0.39 is 23.2 Å². The lowest BCUT2D eigenvalue weighted by Gasteiger charge is -2.33. The molecule has 112 valence electrons. The van der Waals surface area contributed by atoms with Gasteiger partial charge in [-0.3, -0.25) is 9.69 Å². The Morgan fingerprint density at radius 2 is 2.00 bits per heavy atom. The highest BCUT2D eigenvalue weighted by Gasteiger charge is 2.55. The molecule has 0 aromatic heterocycles. The highest BCUT2D eigenvalue weighted by atomic mass is 79.9. The van der Waals surface area contributed by atoms with Crippen molar-refractivity contribution in [1.82, 2.24) is 0 Å². The Labute approximate surface area is 135 Å². The van der Waals surface area contributed by atoms with Gasteiger partial charge in [0.1, 0.15) is 0 Å². The largest absolute Gasteiger partial charge is 0.502 e. The van der Waals surface area contributed by atoms with Crippen LogP contribution in [0.4, 0.5) is 5.69 Å². The van der Waals surface area contributed by atoms with Gasteiger partial charge in [-0.05, 0) is 54.0 Å². The summed E-state index contributed by atoms with van der Waals surface area (Å²) < 4.78 is 5.11. The van der Waals surface area contributed by atoms with Gasteiger partial charge in [0.15, 0.2) is 11.3 Å². The number of aliphatic hydroxyl groups excluding tert-OH is 1. The molecule has 0 aliphatic carbocycles. The molecule has 1 aromatic carbocycles. The van der Waals surface area contributed by atoms with Gasteiger partial charge < -0.3 is 9.84 Å². The van der Waals surface area contributed by atoms with E-state index in [9.17, 15) is 14.7 Å². The summed E-state index contributed by atoms with van der Waals surface area (Å²) in [7, 11) is 0. The van der Waals surface area contributed by atoms with E-state index >= 15 is 0 Å². The quantitative estimate of drug-likeness (QED) is 0.825. The molecule has 1 N–H and O–H groups in total. The molecule has 21 heavy (non-hydrogen) atoms. The number of carbonyl (C=O) groups excluding carboxylic acids is 2. The zero-order valence-corrected chi connectivity index (χ0v) is 13.7. The highest BCUT2D eigenvalue weighted by molar-refractivity contribution is 9.11. The minimum Gasteiger partial charge on any atom is -0.502 e. The fourth-order valence-electron chi connectivity index (χ4n) is 2.15. The van der Waals surface area contributed by atoms with Crippen LogP contribution in [0.5, 0.6) is 0 Å². The molecule has 2 rings (SSSR count). The zero-order valence-electron chi connectivity index (χ0n) is 11.4. The van der Waals surface area contributed by atoms with Crippen LogP contribution < -0.4 is 4.90 Å². The number of halogens is 2. The Balaban J connectivity index is 2.55. The maximum Gasteiger partial charge on any atom is 0.337 e. The number of amides is 1. The maximum atomic E-state index is 12.3. The molecule has 1 aliphatic heterocycles. The molecule has 5 nitrogen and oxygen atoms in total. The van der Waals surface area contributed by atoms with E-state index in [4.69, 9.17) is 16.3 Å². The van der Waals surface area contributed by atoms with E-state index in [0.717, 1.165) is 0 Å². The van der Waals surface area contributed by atoms with Crippen LogP contribution in [0.15, 0.2) is 34.5 Å². The molecule has 0 bridgehead atoms. The Hall–Kier alpha value is -1.53. The molecular weight excluding hydrogens is 362 g/mol. The molecule has 0 saturated heterocycles. The lowest BCUT2D eigenvalue weighted by Crippen LogP contribution is -2.52. The number of hydrogen-bond donors (Lipinski definition) is 1. The molecule has 0 spiro atoms. The average molecular weight is 375 g/mol. The number of aliphatic hydroxyl groups is 1. The van der Waals surface area contributed by atoms with E-state index in [-0.39, 0.29) is 11.1 Å². The third kappa shape index (κ3) is 2.42. The monoisotopic (exact) mass is 373 g/mol. The summed E-state index contributed by atoms with van der Waals surface area (Å²) in [5.74, 6) is -1.83. The molecule has 0 unspecified atom stereocenters. The van der Waals surface area contributed by atoms with Crippen LogP contribution in [0.3, 0.4) is 0 Å². The van der Waals surface area contributed by atoms with Crippen molar-refractivity contribution in [2.45, 2.75) is 19.4 Å². The number of ether oxygens (including phenoxy) is 1. The highest BCUT2D eigenvalue weighted by Crippen LogP contribution is 2.42. The third-order valence-electron chi connectivity index (χ3n) is 3.25. The van der Waals surface area contributed by atoms with Crippen LogP contribution in [0.2, 0.25) is 5.02 Å². The fraction of sp³-hybridized carbons (Fsp3) is 0.286. The molecule has 1 atom stereocenters. The second kappa shape index (κ2) is 5.69. The standard InChI is InChI=1S/C14H13BrClNO4/c1-3-21-13(20)14(2)11(15)10(18)12(19)17(14)9-6-4-8(16)5-7-9/h4-7,18H,3H2,1-2H3/t14-/m1/s1. The molecule has 0 fully saturated rings. The van der Waals surface area contributed by atoms with E-state index in [2.05, 4.69) is 15.9 Å². The van der Waals surface area contributed by atoms with E-state index in [1.54, 1.807) is 31.2 Å². The van der Waals surface area contributed by atoms with Crippen molar-refractivity contribution < 1.29 is 19.4 Å². The average Bonchev–Trinajstić information content (AvgIpc) is 2.63. The first-order valence-electron chi connectivity index (χ1n) is 6.20. The van der Waals surface area contributed by atoms with Gasteiger partial charge in [0.05, 0.1) is 11.1 Å². The normalized spacial score (nSPS) is 21.9. The van der Waals surface area contributed by atoms with Crippen LogP contribution in [0.25, 0.3) is 0 Å². The Bertz CT molecular complexity index is 628.